The fraction of sp³-hybridized carbons (Fsp3) is 0.793. The van der Waals surface area contributed by atoms with E-state index in [0.717, 1.165) is 96.3 Å². The minimum atomic E-state index is -1.98. The van der Waals surface area contributed by atoms with E-state index < -0.39 is 124 Å². The van der Waals surface area contributed by atoms with E-state index >= 15 is 0 Å². The van der Waals surface area contributed by atoms with Crippen molar-refractivity contribution in [3.63, 3.8) is 0 Å². The number of amides is 1. The van der Waals surface area contributed by atoms with Crippen molar-refractivity contribution in [1.29, 1.82) is 0 Å². The highest BCUT2D eigenvalue weighted by molar-refractivity contribution is 5.76. The van der Waals surface area contributed by atoms with Crippen LogP contribution in [0.5, 0.6) is 0 Å². The third-order valence-corrected chi connectivity index (χ3v) is 19.4. The van der Waals surface area contributed by atoms with E-state index in [1.807, 2.05) is 6.08 Å². The number of carbonyl (C=O) groups excluding carboxylic acids is 1. The quantitative estimate of drug-likeness (QED) is 0.0199. The summed E-state index contributed by atoms with van der Waals surface area (Å²) >= 11 is 0. The molecule has 0 aromatic heterocycles. The Kier molecular flexibility index (Phi) is 56.3. The Morgan fingerprint density at radius 1 is 0.366 bits per heavy atom. The first kappa shape index (κ1) is 91.9. The van der Waals surface area contributed by atoms with Crippen molar-refractivity contribution in [2.75, 3.05) is 26.4 Å². The highest BCUT2D eigenvalue weighted by Crippen LogP contribution is 2.33. The number of carbonyl (C=O) groups is 1. The van der Waals surface area contributed by atoms with E-state index in [9.17, 15) is 61.0 Å². The number of ether oxygens (including phenoxy) is 6. The molecule has 101 heavy (non-hydrogen) atoms. The number of hydrogen-bond acceptors (Lipinski definition) is 18. The number of hydrogen-bond donors (Lipinski definition) is 12. The predicted octanol–water partition coefficient (Wildman–Crippen LogP) is 13.2. The predicted molar refractivity (Wildman–Crippen MR) is 401 cm³/mol. The number of nitrogens with one attached hydrogen (secondary N) is 1. The zero-order chi connectivity index (χ0) is 73.2. The molecule has 17 atom stereocenters. The Bertz CT molecular complexity index is 2200. The average molecular weight is 1430 g/mol. The zero-order valence-corrected chi connectivity index (χ0v) is 62.4. The summed E-state index contributed by atoms with van der Waals surface area (Å²) in [5, 5.41) is 121. The monoisotopic (exact) mass is 1430 g/mol. The van der Waals surface area contributed by atoms with Gasteiger partial charge in [-0.1, -0.05) is 297 Å². The molecule has 3 aliphatic heterocycles. The Balaban J connectivity index is 1.34. The molecule has 0 aromatic carbocycles. The van der Waals surface area contributed by atoms with Gasteiger partial charge in [-0.25, -0.2) is 0 Å². The fourth-order valence-electron chi connectivity index (χ4n) is 13.0. The van der Waals surface area contributed by atoms with Crippen LogP contribution in [-0.2, 0) is 33.2 Å². The second-order valence-corrected chi connectivity index (χ2v) is 28.1. The average Bonchev–Trinajstić information content (AvgIpc) is 0.789. The van der Waals surface area contributed by atoms with Crippen LogP contribution in [0.2, 0.25) is 0 Å². The van der Waals surface area contributed by atoms with Gasteiger partial charge in [-0.2, -0.15) is 0 Å². The van der Waals surface area contributed by atoms with E-state index in [-0.39, 0.29) is 18.9 Å². The van der Waals surface area contributed by atoms with E-state index in [1.165, 1.54) is 161 Å². The Hall–Kier alpha value is -3.29. The summed E-state index contributed by atoms with van der Waals surface area (Å²) in [6.45, 7) is 1.64. The maximum absolute atomic E-state index is 13.5. The van der Waals surface area contributed by atoms with Gasteiger partial charge in [0.2, 0.25) is 5.91 Å². The van der Waals surface area contributed by atoms with Crippen molar-refractivity contribution in [1.82, 2.24) is 5.32 Å². The lowest BCUT2D eigenvalue weighted by molar-refractivity contribution is -0.379. The summed E-state index contributed by atoms with van der Waals surface area (Å²) in [5.74, 6) is -0.276. The molecule has 12 N–H and O–H groups in total. The van der Waals surface area contributed by atoms with Gasteiger partial charge in [0.05, 0.1) is 38.6 Å². The lowest BCUT2D eigenvalue weighted by atomic mass is 9.96. The van der Waals surface area contributed by atoms with Crippen LogP contribution in [0.1, 0.15) is 284 Å². The van der Waals surface area contributed by atoms with Crippen molar-refractivity contribution in [3.05, 3.63) is 97.2 Å². The largest absolute Gasteiger partial charge is 0.394 e. The molecule has 0 saturated carbocycles. The van der Waals surface area contributed by atoms with Gasteiger partial charge in [-0.15, -0.1) is 0 Å². The highest BCUT2D eigenvalue weighted by Gasteiger charge is 2.54. The topological polar surface area (TPSA) is 307 Å². The summed E-state index contributed by atoms with van der Waals surface area (Å²) in [7, 11) is 0. The summed E-state index contributed by atoms with van der Waals surface area (Å²) in [5.41, 5.74) is 0. The molecule has 3 fully saturated rings. The van der Waals surface area contributed by atoms with E-state index in [0.29, 0.717) is 6.42 Å². The molecule has 19 heteroatoms. The second kappa shape index (κ2) is 61.8. The number of rotatable bonds is 62. The molecule has 3 saturated heterocycles. The fourth-order valence-corrected chi connectivity index (χ4v) is 13.0. The number of allylic oxidation sites excluding steroid dienone is 15. The van der Waals surface area contributed by atoms with Gasteiger partial charge >= 0.3 is 0 Å². The molecule has 3 rings (SSSR count). The molecular formula is C82H143NO18. The molecule has 0 bridgehead atoms. The Labute approximate surface area is 609 Å². The third kappa shape index (κ3) is 42.0. The van der Waals surface area contributed by atoms with Gasteiger partial charge in [0.15, 0.2) is 18.9 Å². The van der Waals surface area contributed by atoms with Gasteiger partial charge in [0, 0.05) is 6.42 Å². The molecule has 584 valence electrons. The van der Waals surface area contributed by atoms with Crippen LogP contribution in [0, 0.1) is 0 Å². The maximum Gasteiger partial charge on any atom is 0.220 e. The summed E-state index contributed by atoms with van der Waals surface area (Å²) in [4.78, 5) is 13.5. The van der Waals surface area contributed by atoms with Gasteiger partial charge < -0.3 is 89.9 Å². The number of aliphatic hydroxyl groups is 11. The lowest BCUT2D eigenvalue weighted by Gasteiger charge is -2.48. The molecule has 19 nitrogen and oxygen atoms in total. The molecule has 0 spiro atoms. The smallest absolute Gasteiger partial charge is 0.220 e. The van der Waals surface area contributed by atoms with Crippen molar-refractivity contribution in [3.8, 4) is 0 Å². The SMILES string of the molecule is CC/C=C\C/C=C\C/C=C\C/C=C\C/C=C\C/C=C\C/C=C\CCCCCCCCCCCCCCCCCC(=O)NC(COC1OC(CO)C(OC2OC(CO)C(OC3OC(CO)C(O)C(O)C3O)C(O)C2O)C(O)C1O)C(O)/C=C/CCCCCCCCCCCCCCCCCCC. The summed E-state index contributed by atoms with van der Waals surface area (Å²) in [6, 6.07) is -0.978. The maximum atomic E-state index is 13.5. The first-order valence-corrected chi connectivity index (χ1v) is 40.0. The molecule has 0 radical (unpaired) electrons. The van der Waals surface area contributed by atoms with Crippen LogP contribution >= 0.6 is 0 Å². The van der Waals surface area contributed by atoms with Crippen molar-refractivity contribution < 1.29 is 89.4 Å². The second-order valence-electron chi connectivity index (χ2n) is 28.1. The lowest BCUT2D eigenvalue weighted by Crippen LogP contribution is -2.66. The van der Waals surface area contributed by atoms with Gasteiger partial charge in [-0.3, -0.25) is 4.79 Å². The molecular weight excluding hydrogens is 1290 g/mol. The third-order valence-electron chi connectivity index (χ3n) is 19.4. The standard InChI is InChI=1S/C82H143NO18/c1-3-5-7-9-11-13-15-17-19-21-23-24-25-26-27-28-29-30-31-32-33-34-35-36-37-38-39-40-42-44-46-48-50-52-54-56-58-60-70(88)83-65(66(87)59-57-55-53-51-49-47-45-43-41-22-20-18-16-14-12-10-8-6-4-2)64-96-80-76(94)73(91)78(68(62-85)98-80)101-82-77(95)74(92)79(69(63-86)99-82)100-81-75(93)72(90)71(89)67(61-84)97-81/h5,7,11,13,17,19,23-24,26-27,29-30,32-33,57,59,65-69,71-82,84-87,89-95H,3-4,6,8-10,12,14-16,18,20-22,25,28,31,34-56,58,60-64H2,1-2H3,(H,83,88)/b7-5-,13-11-,19-17-,24-23-,27-26-,30-29-,33-32-,59-57+. The van der Waals surface area contributed by atoms with Crippen molar-refractivity contribution in [2.24, 2.45) is 0 Å². The molecule has 0 aliphatic carbocycles. The van der Waals surface area contributed by atoms with Crippen LogP contribution in [-0.4, -0.2) is 193 Å². The minimum Gasteiger partial charge on any atom is -0.394 e. The molecule has 0 aromatic rings. The van der Waals surface area contributed by atoms with Gasteiger partial charge in [-0.05, 0) is 77.0 Å². The van der Waals surface area contributed by atoms with E-state index in [2.05, 4.69) is 104 Å². The highest BCUT2D eigenvalue weighted by atomic mass is 16.8. The molecule has 3 heterocycles. The van der Waals surface area contributed by atoms with E-state index in [1.54, 1.807) is 6.08 Å². The van der Waals surface area contributed by atoms with Gasteiger partial charge in [0.25, 0.3) is 0 Å². The first-order valence-electron chi connectivity index (χ1n) is 40.0. The van der Waals surface area contributed by atoms with Crippen molar-refractivity contribution in [2.45, 2.75) is 388 Å². The van der Waals surface area contributed by atoms with Crippen LogP contribution in [0.3, 0.4) is 0 Å². The normalized spacial score (nSPS) is 26.8. The van der Waals surface area contributed by atoms with Gasteiger partial charge in [0.1, 0.15) is 73.2 Å². The molecule has 17 unspecified atom stereocenters. The molecule has 3 aliphatic rings. The van der Waals surface area contributed by atoms with Crippen LogP contribution in [0.4, 0.5) is 0 Å². The summed E-state index contributed by atoms with van der Waals surface area (Å²) < 4.78 is 34.4. The number of unbranched alkanes of at least 4 members (excludes halogenated alkanes) is 32. The zero-order valence-electron chi connectivity index (χ0n) is 62.4. The minimum absolute atomic E-state index is 0.239. The Morgan fingerprint density at radius 3 is 1.07 bits per heavy atom. The molecule has 1 amide bonds. The Morgan fingerprint density at radius 2 is 0.683 bits per heavy atom. The van der Waals surface area contributed by atoms with Crippen LogP contribution in [0.15, 0.2) is 97.2 Å². The van der Waals surface area contributed by atoms with Crippen LogP contribution in [0.25, 0.3) is 0 Å². The van der Waals surface area contributed by atoms with Crippen molar-refractivity contribution >= 4 is 5.91 Å². The first-order chi connectivity index (χ1) is 49.3. The number of aliphatic hydroxyl groups excluding tert-OH is 11. The van der Waals surface area contributed by atoms with Crippen LogP contribution < -0.4 is 5.32 Å². The van der Waals surface area contributed by atoms with E-state index in [4.69, 9.17) is 28.4 Å². The summed E-state index contributed by atoms with van der Waals surface area (Å²) in [6.07, 6.45) is 56.7.